The first-order valence-corrected chi connectivity index (χ1v) is 17.1. The number of benzene rings is 9. The van der Waals surface area contributed by atoms with Gasteiger partial charge < -0.3 is 9.32 Å². The second kappa shape index (κ2) is 11.5. The van der Waals surface area contributed by atoms with Crippen molar-refractivity contribution < 1.29 is 4.42 Å². The van der Waals surface area contributed by atoms with Crippen molar-refractivity contribution in [2.45, 2.75) is 0 Å². The van der Waals surface area contributed by atoms with Crippen molar-refractivity contribution in [3.05, 3.63) is 188 Å². The average Bonchev–Trinajstić information content (AvgIpc) is 3.57. The number of nitrogens with zero attached hydrogens (tertiary/aromatic N) is 1. The Balaban J connectivity index is 1.18. The second-order valence-electron chi connectivity index (χ2n) is 12.9. The maximum absolute atomic E-state index is 6.39. The summed E-state index contributed by atoms with van der Waals surface area (Å²) in [5, 5.41) is 9.61. The highest BCUT2D eigenvalue weighted by Gasteiger charge is 2.20. The molecule has 0 aliphatic heterocycles. The van der Waals surface area contributed by atoms with Crippen LogP contribution in [-0.4, -0.2) is 0 Å². The third kappa shape index (κ3) is 4.57. The van der Waals surface area contributed by atoms with Crippen LogP contribution in [0.3, 0.4) is 0 Å². The molecule has 0 atom stereocenters. The fraction of sp³-hybridized carbons (Fsp3) is 0. The van der Waals surface area contributed by atoms with Crippen molar-refractivity contribution in [2.75, 3.05) is 4.90 Å². The minimum atomic E-state index is 0.892. The molecule has 1 heterocycles. The van der Waals surface area contributed by atoms with Gasteiger partial charge in [0.2, 0.25) is 0 Å². The van der Waals surface area contributed by atoms with Crippen LogP contribution in [0, 0.1) is 0 Å². The molecule has 2 heteroatoms. The molecule has 10 rings (SSSR count). The molecule has 0 unspecified atom stereocenters. The van der Waals surface area contributed by atoms with Crippen molar-refractivity contribution in [3.63, 3.8) is 0 Å². The molecule has 0 amide bonds. The van der Waals surface area contributed by atoms with E-state index in [0.717, 1.165) is 39.0 Å². The van der Waals surface area contributed by atoms with E-state index in [0.29, 0.717) is 0 Å². The molecule has 0 aliphatic rings. The summed E-state index contributed by atoms with van der Waals surface area (Å²) in [6.07, 6.45) is 0. The smallest absolute Gasteiger partial charge is 0.136 e. The Labute approximate surface area is 290 Å². The summed E-state index contributed by atoms with van der Waals surface area (Å²) in [4.78, 5) is 2.39. The molecule has 0 fully saturated rings. The van der Waals surface area contributed by atoms with Gasteiger partial charge in [-0.15, -0.1) is 0 Å². The fourth-order valence-electron chi connectivity index (χ4n) is 7.72. The fourth-order valence-corrected chi connectivity index (χ4v) is 7.72. The van der Waals surface area contributed by atoms with Gasteiger partial charge in [-0.2, -0.15) is 0 Å². The number of rotatable bonds is 5. The van der Waals surface area contributed by atoms with Gasteiger partial charge in [0.1, 0.15) is 11.2 Å². The van der Waals surface area contributed by atoms with Gasteiger partial charge in [0, 0.05) is 27.5 Å². The van der Waals surface area contributed by atoms with Gasteiger partial charge in [-0.1, -0.05) is 146 Å². The highest BCUT2D eigenvalue weighted by molar-refractivity contribution is 6.23. The number of fused-ring (bicyclic) bond motifs is 7. The predicted octanol–water partition coefficient (Wildman–Crippen LogP) is 13.8. The topological polar surface area (TPSA) is 16.4 Å². The maximum Gasteiger partial charge on any atom is 0.136 e. The second-order valence-corrected chi connectivity index (χ2v) is 12.9. The number of hydrogen-bond acceptors (Lipinski definition) is 2. The predicted molar refractivity (Wildman–Crippen MR) is 212 cm³/mol. The first kappa shape index (κ1) is 28.4. The van der Waals surface area contributed by atoms with Crippen LogP contribution < -0.4 is 4.90 Å². The summed E-state index contributed by atoms with van der Waals surface area (Å²) in [7, 11) is 0. The molecule has 2 nitrogen and oxygen atoms in total. The number of hydrogen-bond donors (Lipinski definition) is 0. The van der Waals surface area contributed by atoms with E-state index in [2.05, 4.69) is 187 Å². The molecule has 0 saturated heterocycles. The zero-order valence-electron chi connectivity index (χ0n) is 27.3. The maximum atomic E-state index is 6.39. The summed E-state index contributed by atoms with van der Waals surface area (Å²) < 4.78 is 6.39. The van der Waals surface area contributed by atoms with Crippen molar-refractivity contribution in [1.82, 2.24) is 0 Å². The van der Waals surface area contributed by atoms with Crippen molar-refractivity contribution in [1.29, 1.82) is 0 Å². The number of furan rings is 1. The Hall–Kier alpha value is -6.64. The summed E-state index contributed by atoms with van der Waals surface area (Å²) in [5.74, 6) is 0. The molecular formula is C48H31NO. The van der Waals surface area contributed by atoms with Gasteiger partial charge in [-0.3, -0.25) is 0 Å². The summed E-state index contributed by atoms with van der Waals surface area (Å²) in [6.45, 7) is 0. The van der Waals surface area contributed by atoms with E-state index in [-0.39, 0.29) is 0 Å². The lowest BCUT2D eigenvalue weighted by Gasteiger charge is -2.27. The van der Waals surface area contributed by atoms with E-state index < -0.39 is 0 Å². The molecule has 0 N–H and O–H groups in total. The van der Waals surface area contributed by atoms with Crippen LogP contribution in [0.5, 0.6) is 0 Å². The quantitative estimate of drug-likeness (QED) is 0.187. The largest absolute Gasteiger partial charge is 0.456 e. The molecule has 50 heavy (non-hydrogen) atoms. The lowest BCUT2D eigenvalue weighted by atomic mass is 9.97. The Morgan fingerprint density at radius 2 is 0.820 bits per heavy atom. The van der Waals surface area contributed by atoms with Crippen molar-refractivity contribution in [2.24, 2.45) is 0 Å². The Morgan fingerprint density at radius 3 is 1.44 bits per heavy atom. The van der Waals surface area contributed by atoms with E-state index in [4.69, 9.17) is 4.42 Å². The highest BCUT2D eigenvalue weighted by Crippen LogP contribution is 2.45. The van der Waals surface area contributed by atoms with Gasteiger partial charge >= 0.3 is 0 Å². The van der Waals surface area contributed by atoms with Crippen LogP contribution in [-0.2, 0) is 0 Å². The first-order valence-electron chi connectivity index (χ1n) is 17.1. The molecule has 9 aromatic carbocycles. The zero-order chi connectivity index (χ0) is 33.0. The van der Waals surface area contributed by atoms with Gasteiger partial charge in [0.25, 0.3) is 0 Å². The Bertz CT molecular complexity index is 2730. The van der Waals surface area contributed by atoms with Crippen LogP contribution in [0.25, 0.3) is 76.5 Å². The molecule has 0 aliphatic carbocycles. The third-order valence-electron chi connectivity index (χ3n) is 10.1. The van der Waals surface area contributed by atoms with E-state index in [1.54, 1.807) is 0 Å². The van der Waals surface area contributed by atoms with Crippen molar-refractivity contribution >= 4 is 71.3 Å². The van der Waals surface area contributed by atoms with E-state index >= 15 is 0 Å². The van der Waals surface area contributed by atoms with E-state index in [1.807, 2.05) is 6.07 Å². The molecular weight excluding hydrogens is 607 g/mol. The normalized spacial score (nSPS) is 11.6. The summed E-state index contributed by atoms with van der Waals surface area (Å²) in [5.41, 5.74) is 9.92. The summed E-state index contributed by atoms with van der Waals surface area (Å²) >= 11 is 0. The van der Waals surface area contributed by atoms with Crippen LogP contribution in [0.2, 0.25) is 0 Å². The zero-order valence-corrected chi connectivity index (χ0v) is 27.3. The number of anilines is 3. The molecule has 1 aromatic heterocycles. The van der Waals surface area contributed by atoms with E-state index in [1.165, 1.54) is 54.6 Å². The van der Waals surface area contributed by atoms with Gasteiger partial charge in [-0.25, -0.2) is 0 Å². The Kier molecular flexibility index (Phi) is 6.53. The molecule has 0 spiro atoms. The summed E-state index contributed by atoms with van der Waals surface area (Å²) in [6, 6.07) is 67.5. The first-order chi connectivity index (χ1) is 24.8. The average molecular weight is 638 g/mol. The standard InChI is InChI=1S/C48H31NO/c1-3-15-39-32(10-1)12-7-18-41(39)34-22-27-37(28-23-34)49(38-29-24-35(25-30-38)42-19-8-13-33-11-2-4-16-40(33)42)44-20-9-14-36-26-31-46-48(47(36)44)43-17-5-6-21-45(43)50-46/h1-31H. The van der Waals surface area contributed by atoms with Crippen LogP contribution in [0.4, 0.5) is 17.1 Å². The minimum Gasteiger partial charge on any atom is -0.456 e. The molecule has 0 saturated carbocycles. The lowest BCUT2D eigenvalue weighted by Crippen LogP contribution is -2.10. The van der Waals surface area contributed by atoms with Crippen LogP contribution in [0.15, 0.2) is 192 Å². The monoisotopic (exact) mass is 637 g/mol. The third-order valence-corrected chi connectivity index (χ3v) is 10.1. The van der Waals surface area contributed by atoms with Gasteiger partial charge in [-0.05, 0) is 91.6 Å². The highest BCUT2D eigenvalue weighted by atomic mass is 16.3. The van der Waals surface area contributed by atoms with Crippen LogP contribution >= 0.6 is 0 Å². The van der Waals surface area contributed by atoms with E-state index in [9.17, 15) is 0 Å². The van der Waals surface area contributed by atoms with Gasteiger partial charge in [0.05, 0.1) is 5.69 Å². The van der Waals surface area contributed by atoms with Crippen molar-refractivity contribution in [3.8, 4) is 22.3 Å². The number of para-hydroxylation sites is 1. The molecule has 10 aromatic rings. The minimum absolute atomic E-state index is 0.892. The molecule has 0 radical (unpaired) electrons. The lowest BCUT2D eigenvalue weighted by molar-refractivity contribution is 0.669. The van der Waals surface area contributed by atoms with Gasteiger partial charge in [0.15, 0.2) is 0 Å². The Morgan fingerprint density at radius 1 is 0.320 bits per heavy atom. The molecule has 234 valence electrons. The SMILES string of the molecule is c1ccc2c(-c3ccc(N(c4ccc(-c5cccc6ccccc56)cc4)c4cccc5ccc6oc7ccccc7c6c45)cc3)cccc2c1. The molecule has 0 bridgehead atoms. The van der Waals surface area contributed by atoms with Crippen LogP contribution in [0.1, 0.15) is 0 Å².